The lowest BCUT2D eigenvalue weighted by atomic mass is 9.90. The highest BCUT2D eigenvalue weighted by molar-refractivity contribution is 7.68. The Morgan fingerprint density at radius 1 is 0.903 bits per heavy atom. The number of nitrogens with zero attached hydrogens (tertiary/aromatic N) is 1. The van der Waals surface area contributed by atoms with Crippen molar-refractivity contribution in [1.82, 2.24) is 0 Å². The SMILES string of the molecule is CCOc1ccc2c(c1)-c1c(ssc1=Nc1ccc(-c3ccccc3)cc1)C(C)(C)N2. The Morgan fingerprint density at radius 3 is 2.39 bits per heavy atom. The Labute approximate surface area is 190 Å². The van der Waals surface area contributed by atoms with E-state index in [2.05, 4.69) is 79.8 Å². The molecule has 31 heavy (non-hydrogen) atoms. The van der Waals surface area contributed by atoms with E-state index in [9.17, 15) is 0 Å². The fourth-order valence-electron chi connectivity index (χ4n) is 3.96. The topological polar surface area (TPSA) is 33.6 Å². The fraction of sp³-hybridized carbons (Fsp3) is 0.192. The molecule has 3 nitrogen and oxygen atoms in total. The van der Waals surface area contributed by atoms with E-state index in [4.69, 9.17) is 9.73 Å². The summed E-state index contributed by atoms with van der Waals surface area (Å²) in [5.74, 6) is 0.892. The van der Waals surface area contributed by atoms with Gasteiger partial charge in [-0.1, -0.05) is 63.1 Å². The number of anilines is 1. The summed E-state index contributed by atoms with van der Waals surface area (Å²) in [6.07, 6.45) is 0. The predicted octanol–water partition coefficient (Wildman–Crippen LogP) is 7.44. The molecule has 0 aliphatic carbocycles. The van der Waals surface area contributed by atoms with Gasteiger partial charge in [0, 0.05) is 16.8 Å². The normalized spacial score (nSPS) is 14.5. The molecular formula is C26H24N2OS2. The molecule has 0 fully saturated rings. The average molecular weight is 445 g/mol. The lowest BCUT2D eigenvalue weighted by Crippen LogP contribution is -2.31. The number of nitrogens with one attached hydrogen (secondary N) is 1. The van der Waals surface area contributed by atoms with Crippen molar-refractivity contribution in [3.63, 3.8) is 0 Å². The largest absolute Gasteiger partial charge is 0.494 e. The van der Waals surface area contributed by atoms with Crippen molar-refractivity contribution >= 4 is 32.1 Å². The third-order valence-corrected chi connectivity index (χ3v) is 8.08. The Balaban J connectivity index is 1.60. The first-order chi connectivity index (χ1) is 15.0. The summed E-state index contributed by atoms with van der Waals surface area (Å²) >= 11 is 0. The molecule has 0 amide bonds. The zero-order valence-electron chi connectivity index (χ0n) is 17.8. The number of ether oxygens (including phenoxy) is 1. The van der Waals surface area contributed by atoms with Crippen molar-refractivity contribution in [2.45, 2.75) is 26.3 Å². The maximum absolute atomic E-state index is 5.78. The maximum atomic E-state index is 5.78. The lowest BCUT2D eigenvalue weighted by molar-refractivity contribution is 0.340. The third-order valence-electron chi connectivity index (χ3n) is 5.44. The highest BCUT2D eigenvalue weighted by Gasteiger charge is 2.33. The molecule has 1 N–H and O–H groups in total. The van der Waals surface area contributed by atoms with Crippen molar-refractivity contribution in [2.24, 2.45) is 4.99 Å². The van der Waals surface area contributed by atoms with Crippen LogP contribution in [0.5, 0.6) is 5.75 Å². The van der Waals surface area contributed by atoms with Crippen molar-refractivity contribution < 1.29 is 4.74 Å². The Morgan fingerprint density at radius 2 is 1.65 bits per heavy atom. The minimum Gasteiger partial charge on any atom is -0.494 e. The number of hydrogen-bond acceptors (Lipinski definition) is 5. The molecule has 0 spiro atoms. The summed E-state index contributed by atoms with van der Waals surface area (Å²) in [6.45, 7) is 7.13. The van der Waals surface area contributed by atoms with Gasteiger partial charge < -0.3 is 10.1 Å². The Kier molecular flexibility index (Phi) is 5.16. The molecule has 5 heteroatoms. The van der Waals surface area contributed by atoms with Gasteiger partial charge in [-0.05, 0) is 62.2 Å². The molecule has 0 bridgehead atoms. The van der Waals surface area contributed by atoms with E-state index in [1.807, 2.05) is 19.1 Å². The first-order valence-corrected chi connectivity index (χ1v) is 12.6. The van der Waals surface area contributed by atoms with Crippen molar-refractivity contribution in [1.29, 1.82) is 0 Å². The molecule has 1 aliphatic rings. The predicted molar refractivity (Wildman–Crippen MR) is 133 cm³/mol. The first-order valence-electron chi connectivity index (χ1n) is 10.4. The second-order valence-corrected chi connectivity index (χ2v) is 10.2. The van der Waals surface area contributed by atoms with E-state index in [1.165, 1.54) is 21.6 Å². The number of benzene rings is 3. The third kappa shape index (κ3) is 3.80. The van der Waals surface area contributed by atoms with Crippen LogP contribution in [0.3, 0.4) is 0 Å². The molecule has 0 unspecified atom stereocenters. The number of fused-ring (bicyclic) bond motifs is 3. The molecule has 156 valence electrons. The molecule has 0 saturated heterocycles. The monoisotopic (exact) mass is 444 g/mol. The molecule has 3 aromatic carbocycles. The average Bonchev–Trinajstić information content (AvgIpc) is 3.21. The molecule has 5 rings (SSSR count). The van der Waals surface area contributed by atoms with Crippen LogP contribution >= 0.6 is 20.7 Å². The molecular weight excluding hydrogens is 420 g/mol. The minimum absolute atomic E-state index is 0.137. The molecule has 0 atom stereocenters. The zero-order valence-corrected chi connectivity index (χ0v) is 19.4. The molecule has 2 heterocycles. The second kappa shape index (κ2) is 7.98. The maximum Gasteiger partial charge on any atom is 0.135 e. The summed E-state index contributed by atoms with van der Waals surface area (Å²) in [5.41, 5.74) is 6.77. The van der Waals surface area contributed by atoms with Crippen LogP contribution in [-0.2, 0) is 5.54 Å². The highest BCUT2D eigenvalue weighted by atomic mass is 32.9. The van der Waals surface area contributed by atoms with Crippen molar-refractivity contribution in [2.75, 3.05) is 11.9 Å². The van der Waals surface area contributed by atoms with Crippen LogP contribution in [-0.4, -0.2) is 6.61 Å². The highest BCUT2D eigenvalue weighted by Crippen LogP contribution is 2.46. The molecule has 1 aliphatic heterocycles. The summed E-state index contributed by atoms with van der Waals surface area (Å²) < 4.78 is 6.83. The van der Waals surface area contributed by atoms with E-state index >= 15 is 0 Å². The first kappa shape index (κ1) is 20.0. The van der Waals surface area contributed by atoms with Crippen LogP contribution in [0.2, 0.25) is 0 Å². The Hall–Kier alpha value is -2.89. The quantitative estimate of drug-likeness (QED) is 0.332. The number of rotatable bonds is 4. The van der Waals surface area contributed by atoms with Gasteiger partial charge >= 0.3 is 0 Å². The van der Waals surface area contributed by atoms with Crippen LogP contribution in [0, 0.1) is 0 Å². The van der Waals surface area contributed by atoms with Crippen LogP contribution in [0.4, 0.5) is 11.4 Å². The Bertz CT molecular complexity index is 1290. The van der Waals surface area contributed by atoms with Gasteiger partial charge in [-0.2, -0.15) is 0 Å². The van der Waals surface area contributed by atoms with Gasteiger partial charge in [0.25, 0.3) is 0 Å². The summed E-state index contributed by atoms with van der Waals surface area (Å²) in [5, 5.41) is 3.68. The van der Waals surface area contributed by atoms with Crippen molar-refractivity contribution in [3.8, 4) is 28.0 Å². The van der Waals surface area contributed by atoms with Crippen LogP contribution in [0.1, 0.15) is 25.6 Å². The fourth-order valence-corrected chi connectivity index (χ4v) is 6.89. The van der Waals surface area contributed by atoms with Gasteiger partial charge in [-0.3, -0.25) is 0 Å². The van der Waals surface area contributed by atoms with Gasteiger partial charge in [0.15, 0.2) is 0 Å². The summed E-state index contributed by atoms with van der Waals surface area (Å²) in [4.78, 5) is 6.37. The smallest absolute Gasteiger partial charge is 0.135 e. The molecule has 1 aromatic heterocycles. The minimum atomic E-state index is -0.137. The van der Waals surface area contributed by atoms with E-state index in [0.717, 1.165) is 27.4 Å². The van der Waals surface area contributed by atoms with Crippen LogP contribution in [0.15, 0.2) is 77.8 Å². The molecule has 0 radical (unpaired) electrons. The van der Waals surface area contributed by atoms with Crippen molar-refractivity contribution in [3.05, 3.63) is 82.3 Å². The zero-order chi connectivity index (χ0) is 21.4. The lowest BCUT2D eigenvalue weighted by Gasteiger charge is -2.33. The van der Waals surface area contributed by atoms with Crippen LogP contribution < -0.4 is 14.7 Å². The second-order valence-electron chi connectivity index (χ2n) is 8.09. The standard InChI is InChI=1S/C26H24N2OS2/c1-4-29-20-14-15-22-21(16-20)23-24(26(2,3)28-22)30-31-25(23)27-19-12-10-18(11-13-19)17-8-6-5-7-9-17/h5-16,28H,4H2,1-3H3. The van der Waals surface area contributed by atoms with Gasteiger partial charge in [-0.25, -0.2) is 4.99 Å². The van der Waals surface area contributed by atoms with Crippen LogP contribution in [0.25, 0.3) is 22.3 Å². The van der Waals surface area contributed by atoms with Gasteiger partial charge in [0.05, 0.1) is 22.7 Å². The number of hydrogen-bond donors (Lipinski definition) is 1. The van der Waals surface area contributed by atoms with Gasteiger partial charge in [0.2, 0.25) is 0 Å². The van der Waals surface area contributed by atoms with Gasteiger partial charge in [0.1, 0.15) is 10.4 Å². The summed E-state index contributed by atoms with van der Waals surface area (Å²) in [7, 11) is 3.55. The summed E-state index contributed by atoms with van der Waals surface area (Å²) in [6, 6.07) is 25.2. The van der Waals surface area contributed by atoms with E-state index in [0.29, 0.717) is 6.61 Å². The molecule has 4 aromatic rings. The van der Waals surface area contributed by atoms with E-state index < -0.39 is 0 Å². The van der Waals surface area contributed by atoms with Gasteiger partial charge in [-0.15, -0.1) is 0 Å². The molecule has 0 saturated carbocycles. The van der Waals surface area contributed by atoms with E-state index in [1.54, 1.807) is 20.7 Å². The van der Waals surface area contributed by atoms with E-state index in [-0.39, 0.29) is 5.54 Å².